The van der Waals surface area contributed by atoms with Gasteiger partial charge in [0.15, 0.2) is 0 Å². The number of urea groups is 1. The Bertz CT molecular complexity index is 1040. The summed E-state index contributed by atoms with van der Waals surface area (Å²) in [5.74, 6) is -1.37. The number of halogens is 3. The summed E-state index contributed by atoms with van der Waals surface area (Å²) in [6.45, 7) is 2.80. The first kappa shape index (κ1) is 21.8. The summed E-state index contributed by atoms with van der Waals surface area (Å²) in [7, 11) is 0. The van der Waals surface area contributed by atoms with E-state index in [4.69, 9.17) is 0 Å². The van der Waals surface area contributed by atoms with E-state index in [2.05, 4.69) is 20.5 Å². The van der Waals surface area contributed by atoms with Crippen LogP contribution in [0.3, 0.4) is 0 Å². The molecular weight excluding hydrogens is 417 g/mol. The van der Waals surface area contributed by atoms with Crippen LogP contribution in [0.1, 0.15) is 25.0 Å². The van der Waals surface area contributed by atoms with Crippen molar-refractivity contribution < 1.29 is 32.3 Å². The Morgan fingerprint density at radius 2 is 1.74 bits per heavy atom. The molecule has 0 saturated carbocycles. The molecule has 0 unspecified atom stereocenters. The van der Waals surface area contributed by atoms with Gasteiger partial charge in [0.2, 0.25) is 5.91 Å². The summed E-state index contributed by atoms with van der Waals surface area (Å²) < 4.78 is 40.7. The largest absolute Gasteiger partial charge is 0.573 e. The van der Waals surface area contributed by atoms with Gasteiger partial charge in [-0.05, 0) is 42.3 Å². The lowest BCUT2D eigenvalue weighted by molar-refractivity contribution is -0.274. The highest BCUT2D eigenvalue weighted by atomic mass is 19.4. The molecule has 2 N–H and O–H groups in total. The maximum Gasteiger partial charge on any atom is 0.573 e. The van der Waals surface area contributed by atoms with E-state index in [9.17, 15) is 27.6 Å². The summed E-state index contributed by atoms with van der Waals surface area (Å²) in [6.07, 6.45) is -3.55. The van der Waals surface area contributed by atoms with E-state index in [0.29, 0.717) is 16.3 Å². The maximum absolute atomic E-state index is 12.8. The zero-order valence-corrected chi connectivity index (χ0v) is 16.4. The van der Waals surface area contributed by atoms with Gasteiger partial charge in [-0.15, -0.1) is 18.2 Å². The van der Waals surface area contributed by atoms with E-state index in [1.807, 2.05) is 0 Å². The number of hydrogen-bond acceptors (Lipinski definition) is 5. The van der Waals surface area contributed by atoms with Gasteiger partial charge in [-0.1, -0.05) is 24.3 Å². The molecule has 11 heteroatoms. The van der Waals surface area contributed by atoms with Crippen molar-refractivity contribution >= 4 is 29.7 Å². The van der Waals surface area contributed by atoms with Gasteiger partial charge in [0, 0.05) is 12.6 Å². The normalized spacial score (nSPS) is 18.9. The fraction of sp³-hybridized carbons (Fsp3) is 0.200. The minimum atomic E-state index is -4.84. The topological polar surface area (TPSA) is 100 Å². The van der Waals surface area contributed by atoms with Crippen LogP contribution in [0.15, 0.2) is 53.6 Å². The minimum absolute atomic E-state index is 0.224. The Labute approximate surface area is 174 Å². The van der Waals surface area contributed by atoms with Crippen molar-refractivity contribution in [2.75, 3.05) is 5.32 Å². The van der Waals surface area contributed by atoms with Gasteiger partial charge >= 0.3 is 12.4 Å². The second-order valence-electron chi connectivity index (χ2n) is 6.79. The first-order valence-corrected chi connectivity index (χ1v) is 8.92. The first-order chi connectivity index (χ1) is 14.5. The number of anilines is 1. The number of amides is 4. The quantitative estimate of drug-likeness (QED) is 0.557. The van der Waals surface area contributed by atoms with Crippen molar-refractivity contribution in [2.24, 2.45) is 5.10 Å². The number of hydrogen-bond donors (Lipinski definition) is 2. The molecule has 4 amide bonds. The third kappa shape index (κ3) is 5.00. The number of benzene rings is 2. The number of rotatable bonds is 5. The predicted octanol–water partition coefficient (Wildman–Crippen LogP) is 3.34. The second-order valence-corrected chi connectivity index (χ2v) is 6.79. The standard InChI is InChI=1S/C20H17F3N4O4/c1-12(28)25-15-7-3-13(4-8-15)11-24-27-17(29)19(2,26-18(27)30)14-5-9-16(10-6-14)31-20(21,22)23/h3-11H,1-2H3,(H,25,28)(H,26,30)/b24-11+/t19-/m0/s1. The third-order valence-electron chi connectivity index (χ3n) is 4.39. The molecule has 2 aromatic carbocycles. The van der Waals surface area contributed by atoms with Gasteiger partial charge in [-0.3, -0.25) is 9.59 Å². The Hall–Kier alpha value is -3.89. The van der Waals surface area contributed by atoms with Crippen molar-refractivity contribution in [3.05, 3.63) is 59.7 Å². The van der Waals surface area contributed by atoms with E-state index in [0.717, 1.165) is 12.1 Å². The fourth-order valence-corrected chi connectivity index (χ4v) is 2.89. The molecule has 1 aliphatic heterocycles. The highest BCUT2D eigenvalue weighted by molar-refractivity contribution is 6.07. The predicted molar refractivity (Wildman–Crippen MR) is 104 cm³/mol. The molecule has 1 aliphatic rings. The number of carbonyl (C=O) groups excluding carboxylic acids is 3. The summed E-state index contributed by atoms with van der Waals surface area (Å²) in [5, 5.41) is 9.66. The van der Waals surface area contributed by atoms with Crippen LogP contribution in [-0.4, -0.2) is 35.4 Å². The molecule has 2 aromatic rings. The molecule has 0 bridgehead atoms. The average molecular weight is 434 g/mol. The molecule has 1 fully saturated rings. The Kier molecular flexibility index (Phi) is 5.69. The van der Waals surface area contributed by atoms with Gasteiger partial charge in [0.05, 0.1) is 6.21 Å². The molecule has 1 saturated heterocycles. The molecule has 31 heavy (non-hydrogen) atoms. The highest BCUT2D eigenvalue weighted by Gasteiger charge is 2.49. The lowest BCUT2D eigenvalue weighted by atomic mass is 9.92. The summed E-state index contributed by atoms with van der Waals surface area (Å²) >= 11 is 0. The SMILES string of the molecule is CC(=O)Nc1ccc(/C=N/N2C(=O)N[C@@](C)(c3ccc(OC(F)(F)F)cc3)C2=O)cc1. The smallest absolute Gasteiger partial charge is 0.406 e. The van der Waals surface area contributed by atoms with E-state index < -0.39 is 29.6 Å². The lowest BCUT2D eigenvalue weighted by Gasteiger charge is -2.21. The third-order valence-corrected chi connectivity index (χ3v) is 4.39. The van der Waals surface area contributed by atoms with Gasteiger partial charge in [0.25, 0.3) is 5.91 Å². The first-order valence-electron chi connectivity index (χ1n) is 8.92. The number of nitrogens with one attached hydrogen (secondary N) is 2. The van der Waals surface area contributed by atoms with Crippen LogP contribution in [0, 0.1) is 0 Å². The zero-order valence-electron chi connectivity index (χ0n) is 16.4. The van der Waals surface area contributed by atoms with Crippen molar-refractivity contribution in [2.45, 2.75) is 25.7 Å². The average Bonchev–Trinajstić information content (AvgIpc) is 2.89. The van der Waals surface area contributed by atoms with Crippen LogP contribution in [0.25, 0.3) is 0 Å². The van der Waals surface area contributed by atoms with Crippen molar-refractivity contribution in [1.29, 1.82) is 0 Å². The summed E-state index contributed by atoms with van der Waals surface area (Å²) in [4.78, 5) is 36.1. The molecule has 1 heterocycles. The maximum atomic E-state index is 12.8. The number of imide groups is 1. The molecule has 0 aromatic heterocycles. The van der Waals surface area contributed by atoms with Crippen LogP contribution in [-0.2, 0) is 15.1 Å². The number of alkyl halides is 3. The molecule has 0 aliphatic carbocycles. The Morgan fingerprint density at radius 1 is 1.13 bits per heavy atom. The number of nitrogens with zero attached hydrogens (tertiary/aromatic N) is 2. The van der Waals surface area contributed by atoms with Crippen molar-refractivity contribution in [3.8, 4) is 5.75 Å². The van der Waals surface area contributed by atoms with Crippen molar-refractivity contribution in [3.63, 3.8) is 0 Å². The van der Waals surface area contributed by atoms with E-state index in [1.165, 1.54) is 32.2 Å². The van der Waals surface area contributed by atoms with E-state index in [-0.39, 0.29) is 11.5 Å². The van der Waals surface area contributed by atoms with Crippen LogP contribution < -0.4 is 15.4 Å². The lowest BCUT2D eigenvalue weighted by Crippen LogP contribution is -2.40. The number of carbonyl (C=O) groups is 3. The highest BCUT2D eigenvalue weighted by Crippen LogP contribution is 2.31. The van der Waals surface area contributed by atoms with Gasteiger partial charge in [-0.25, -0.2) is 4.79 Å². The Morgan fingerprint density at radius 3 is 2.29 bits per heavy atom. The van der Waals surface area contributed by atoms with Gasteiger partial charge in [-0.2, -0.15) is 5.10 Å². The summed E-state index contributed by atoms with van der Waals surface area (Å²) in [6, 6.07) is 10.4. The number of ether oxygens (including phenoxy) is 1. The molecule has 0 radical (unpaired) electrons. The zero-order chi connectivity index (χ0) is 22.8. The van der Waals surface area contributed by atoms with Gasteiger partial charge < -0.3 is 15.4 Å². The molecule has 8 nitrogen and oxygen atoms in total. The number of hydrazone groups is 1. The van der Waals surface area contributed by atoms with Gasteiger partial charge in [0.1, 0.15) is 11.3 Å². The summed E-state index contributed by atoms with van der Waals surface area (Å²) in [5.41, 5.74) is -0.111. The van der Waals surface area contributed by atoms with Crippen LogP contribution in [0.2, 0.25) is 0 Å². The molecule has 162 valence electrons. The minimum Gasteiger partial charge on any atom is -0.406 e. The van der Waals surface area contributed by atoms with Crippen LogP contribution in [0.5, 0.6) is 5.75 Å². The fourth-order valence-electron chi connectivity index (χ4n) is 2.89. The van der Waals surface area contributed by atoms with Crippen LogP contribution in [0.4, 0.5) is 23.7 Å². The second kappa shape index (κ2) is 8.09. The van der Waals surface area contributed by atoms with Crippen LogP contribution >= 0.6 is 0 Å². The molecule has 3 rings (SSSR count). The monoisotopic (exact) mass is 434 g/mol. The molecular formula is C20H17F3N4O4. The Balaban J connectivity index is 1.75. The molecule has 1 atom stereocenters. The molecule has 0 spiro atoms. The van der Waals surface area contributed by atoms with Crippen molar-refractivity contribution in [1.82, 2.24) is 10.3 Å². The van der Waals surface area contributed by atoms with E-state index in [1.54, 1.807) is 24.3 Å². The van der Waals surface area contributed by atoms with E-state index >= 15 is 0 Å².